The molecule has 2 aromatic carbocycles. The highest BCUT2D eigenvalue weighted by Crippen LogP contribution is 2.17. The molecule has 1 unspecified atom stereocenters. The zero-order valence-electron chi connectivity index (χ0n) is 18.6. The van der Waals surface area contributed by atoms with Gasteiger partial charge in [-0.25, -0.2) is 5.43 Å². The van der Waals surface area contributed by atoms with E-state index in [-0.39, 0.29) is 17.5 Å². The zero-order valence-corrected chi connectivity index (χ0v) is 18.6. The Bertz CT molecular complexity index is 1160. The van der Waals surface area contributed by atoms with Crippen molar-refractivity contribution in [2.75, 3.05) is 0 Å². The number of amides is 2. The molecule has 9 heteroatoms. The molecule has 0 aliphatic rings. The fraction of sp³-hybridized carbons (Fsp3) is 0.208. The molecule has 0 aliphatic carbocycles. The van der Waals surface area contributed by atoms with Gasteiger partial charge in [0.25, 0.3) is 17.5 Å². The molecule has 33 heavy (non-hydrogen) atoms. The summed E-state index contributed by atoms with van der Waals surface area (Å²) in [5.41, 5.74) is 5.37. The van der Waals surface area contributed by atoms with Crippen LogP contribution in [0.5, 0.6) is 0 Å². The van der Waals surface area contributed by atoms with Crippen molar-refractivity contribution in [3.8, 4) is 5.69 Å². The number of nitrogens with one attached hydrogen (secondary N) is 2. The first kappa shape index (κ1) is 23.4. The first-order valence-electron chi connectivity index (χ1n) is 10.4. The molecule has 1 aromatic heterocycles. The van der Waals surface area contributed by atoms with E-state index in [1.165, 1.54) is 18.3 Å². The lowest BCUT2D eigenvalue weighted by atomic mass is 10.0. The summed E-state index contributed by atoms with van der Waals surface area (Å²) >= 11 is 0. The molecule has 0 saturated carbocycles. The Morgan fingerprint density at radius 2 is 1.73 bits per heavy atom. The van der Waals surface area contributed by atoms with Crippen LogP contribution in [0.3, 0.4) is 0 Å². The van der Waals surface area contributed by atoms with Crippen LogP contribution in [-0.4, -0.2) is 33.6 Å². The number of non-ortho nitro benzene ring substituents is 1. The summed E-state index contributed by atoms with van der Waals surface area (Å²) < 4.78 is 1.78. The second-order valence-corrected chi connectivity index (χ2v) is 7.87. The number of nitro groups is 1. The van der Waals surface area contributed by atoms with Crippen molar-refractivity contribution in [2.45, 2.75) is 26.8 Å². The Balaban J connectivity index is 1.67. The first-order valence-corrected chi connectivity index (χ1v) is 10.4. The maximum atomic E-state index is 12.7. The van der Waals surface area contributed by atoms with E-state index in [9.17, 15) is 19.7 Å². The number of nitrogens with zero attached hydrogens (tertiary/aromatic N) is 3. The van der Waals surface area contributed by atoms with Gasteiger partial charge in [0.05, 0.1) is 16.8 Å². The molecule has 0 radical (unpaired) electrons. The van der Waals surface area contributed by atoms with E-state index < -0.39 is 16.9 Å². The molecule has 3 rings (SSSR count). The minimum atomic E-state index is -0.766. The van der Waals surface area contributed by atoms with E-state index in [0.717, 1.165) is 5.56 Å². The number of aromatic nitrogens is 1. The van der Waals surface area contributed by atoms with E-state index in [2.05, 4.69) is 15.8 Å². The molecule has 0 bridgehead atoms. The second-order valence-electron chi connectivity index (χ2n) is 7.87. The summed E-state index contributed by atoms with van der Waals surface area (Å²) in [5.74, 6) is -0.923. The number of hydrogen-bond donors (Lipinski definition) is 2. The number of benzene rings is 2. The molecular weight excluding hydrogens is 422 g/mol. The molecular formula is C24H25N5O4. The molecule has 2 amide bonds. The average Bonchev–Trinajstić information content (AvgIpc) is 3.26. The van der Waals surface area contributed by atoms with Gasteiger partial charge in [-0.1, -0.05) is 31.5 Å². The van der Waals surface area contributed by atoms with Gasteiger partial charge in [-0.3, -0.25) is 19.7 Å². The molecule has 0 spiro atoms. The van der Waals surface area contributed by atoms with E-state index in [4.69, 9.17) is 0 Å². The van der Waals surface area contributed by atoms with Crippen LogP contribution in [-0.2, 0) is 4.79 Å². The third kappa shape index (κ3) is 5.91. The summed E-state index contributed by atoms with van der Waals surface area (Å²) in [7, 11) is 0. The van der Waals surface area contributed by atoms with Crippen LogP contribution in [0.4, 0.5) is 5.69 Å². The van der Waals surface area contributed by atoms with Crippen molar-refractivity contribution in [1.82, 2.24) is 15.3 Å². The lowest BCUT2D eigenvalue weighted by Gasteiger charge is -2.20. The summed E-state index contributed by atoms with van der Waals surface area (Å²) in [4.78, 5) is 35.6. The average molecular weight is 447 g/mol. The van der Waals surface area contributed by atoms with Crippen LogP contribution in [0.2, 0.25) is 0 Å². The maximum Gasteiger partial charge on any atom is 0.269 e. The van der Waals surface area contributed by atoms with Crippen molar-refractivity contribution >= 4 is 23.7 Å². The van der Waals surface area contributed by atoms with Gasteiger partial charge in [0, 0.05) is 29.6 Å². The number of rotatable bonds is 8. The largest absolute Gasteiger partial charge is 0.340 e. The minimum Gasteiger partial charge on any atom is -0.340 e. The Morgan fingerprint density at radius 1 is 1.06 bits per heavy atom. The maximum absolute atomic E-state index is 12.7. The standard InChI is InChI=1S/C24H25N5O4/c1-16(2)22(26-23(30)18-8-6-17(3)7-9-18)24(31)27-25-15-21-5-4-14-28(21)19-10-12-20(13-11-19)29(32)33/h4-16,22H,1-3H3,(H,26,30)(H,27,31)/b25-15-. The summed E-state index contributed by atoms with van der Waals surface area (Å²) in [6.45, 7) is 5.61. The van der Waals surface area contributed by atoms with Gasteiger partial charge >= 0.3 is 0 Å². The van der Waals surface area contributed by atoms with Crippen LogP contribution in [0.1, 0.15) is 35.5 Å². The summed E-state index contributed by atoms with van der Waals surface area (Å²) in [5, 5.41) is 17.6. The van der Waals surface area contributed by atoms with E-state index in [1.807, 2.05) is 32.9 Å². The predicted octanol–water partition coefficient (Wildman–Crippen LogP) is 3.60. The highest BCUT2D eigenvalue weighted by Gasteiger charge is 2.24. The SMILES string of the molecule is Cc1ccc(C(=O)NC(C(=O)N/N=C\c2cccn2-c2ccc([N+](=O)[O-])cc2)C(C)C)cc1. The number of hydrazone groups is 1. The Morgan fingerprint density at radius 3 is 2.33 bits per heavy atom. The molecule has 9 nitrogen and oxygen atoms in total. The number of nitro benzene ring substituents is 1. The van der Waals surface area contributed by atoms with Crippen LogP contribution in [0.25, 0.3) is 5.69 Å². The van der Waals surface area contributed by atoms with Crippen LogP contribution < -0.4 is 10.7 Å². The molecule has 1 atom stereocenters. The van der Waals surface area contributed by atoms with Gasteiger partial charge in [-0.05, 0) is 49.2 Å². The summed E-state index contributed by atoms with van der Waals surface area (Å²) in [6, 6.07) is 16.0. The fourth-order valence-corrected chi connectivity index (χ4v) is 3.17. The molecule has 3 aromatic rings. The normalized spacial score (nSPS) is 12.0. The third-order valence-electron chi connectivity index (χ3n) is 5.04. The monoisotopic (exact) mass is 447 g/mol. The lowest BCUT2D eigenvalue weighted by Crippen LogP contribution is -2.48. The molecule has 170 valence electrons. The van der Waals surface area contributed by atoms with Gasteiger partial charge in [0.2, 0.25) is 0 Å². The van der Waals surface area contributed by atoms with E-state index in [1.54, 1.807) is 47.2 Å². The number of carbonyl (C=O) groups excluding carboxylic acids is 2. The summed E-state index contributed by atoms with van der Waals surface area (Å²) in [6.07, 6.45) is 3.25. The van der Waals surface area contributed by atoms with Crippen LogP contribution in [0.15, 0.2) is 72.0 Å². The topological polar surface area (TPSA) is 119 Å². The van der Waals surface area contributed by atoms with Gasteiger partial charge in [0.1, 0.15) is 6.04 Å². The van der Waals surface area contributed by atoms with Crippen molar-refractivity contribution in [3.63, 3.8) is 0 Å². The molecule has 1 heterocycles. The quantitative estimate of drug-likeness (QED) is 0.311. The van der Waals surface area contributed by atoms with Gasteiger partial charge in [-0.15, -0.1) is 0 Å². The van der Waals surface area contributed by atoms with Gasteiger partial charge in [0.15, 0.2) is 0 Å². The van der Waals surface area contributed by atoms with E-state index >= 15 is 0 Å². The molecule has 0 aliphatic heterocycles. The highest BCUT2D eigenvalue weighted by atomic mass is 16.6. The van der Waals surface area contributed by atoms with Crippen molar-refractivity contribution in [2.24, 2.45) is 11.0 Å². The Hall–Kier alpha value is -4.27. The lowest BCUT2D eigenvalue weighted by molar-refractivity contribution is -0.384. The number of hydrogen-bond acceptors (Lipinski definition) is 5. The minimum absolute atomic E-state index is 0.000739. The van der Waals surface area contributed by atoms with Gasteiger partial charge in [-0.2, -0.15) is 5.10 Å². The van der Waals surface area contributed by atoms with Crippen LogP contribution >= 0.6 is 0 Å². The van der Waals surface area contributed by atoms with Gasteiger partial charge < -0.3 is 9.88 Å². The second kappa shape index (κ2) is 10.4. The predicted molar refractivity (Wildman–Crippen MR) is 125 cm³/mol. The van der Waals surface area contributed by atoms with Crippen LogP contribution in [0, 0.1) is 23.0 Å². The molecule has 2 N–H and O–H groups in total. The first-order chi connectivity index (χ1) is 15.8. The Labute approximate surface area is 191 Å². The molecule has 0 fully saturated rings. The number of aryl methyl sites for hydroxylation is 1. The third-order valence-corrected chi connectivity index (χ3v) is 5.04. The zero-order chi connectivity index (χ0) is 24.0. The smallest absolute Gasteiger partial charge is 0.269 e. The number of carbonyl (C=O) groups is 2. The van der Waals surface area contributed by atoms with Crippen molar-refractivity contribution in [1.29, 1.82) is 0 Å². The fourth-order valence-electron chi connectivity index (χ4n) is 3.17. The van der Waals surface area contributed by atoms with Crippen molar-refractivity contribution < 1.29 is 14.5 Å². The molecule has 0 saturated heterocycles. The highest BCUT2D eigenvalue weighted by molar-refractivity contribution is 5.97. The Kier molecular flexibility index (Phi) is 7.34. The van der Waals surface area contributed by atoms with E-state index in [0.29, 0.717) is 16.9 Å². The van der Waals surface area contributed by atoms with Crippen molar-refractivity contribution in [3.05, 3.63) is 93.8 Å².